The van der Waals surface area contributed by atoms with Crippen LogP contribution in [0.25, 0.3) is 16.9 Å². The zero-order chi connectivity index (χ0) is 22.6. The van der Waals surface area contributed by atoms with Gasteiger partial charge in [0.1, 0.15) is 0 Å². The van der Waals surface area contributed by atoms with Gasteiger partial charge in [-0.1, -0.05) is 12.1 Å². The van der Waals surface area contributed by atoms with Gasteiger partial charge in [-0.3, -0.25) is 4.40 Å². The van der Waals surface area contributed by atoms with Gasteiger partial charge in [-0.2, -0.15) is 13.2 Å². The maximum Gasteiger partial charge on any atom is 0.421 e. The van der Waals surface area contributed by atoms with Crippen LogP contribution in [0.5, 0.6) is 0 Å². The van der Waals surface area contributed by atoms with Gasteiger partial charge < -0.3 is 15.9 Å². The number of aromatic carboxylic acids is 1. The van der Waals surface area contributed by atoms with Crippen molar-refractivity contribution in [2.24, 2.45) is 0 Å². The number of aryl methyl sites for hydroxylation is 1. The summed E-state index contributed by atoms with van der Waals surface area (Å²) >= 11 is 0. The highest BCUT2D eigenvalue weighted by Gasteiger charge is 2.51. The van der Waals surface area contributed by atoms with Gasteiger partial charge in [0.15, 0.2) is 22.8 Å². The average Bonchev–Trinajstić information content (AvgIpc) is 3.03. The Balaban J connectivity index is 2.37. The summed E-state index contributed by atoms with van der Waals surface area (Å²) in [6, 6.07) is 2.72. The second-order valence-electron chi connectivity index (χ2n) is 5.98. The number of halogens is 3. The van der Waals surface area contributed by atoms with Crippen molar-refractivity contribution in [2.45, 2.75) is 25.6 Å². The summed E-state index contributed by atoms with van der Waals surface area (Å²) in [4.78, 5) is 18.9. The summed E-state index contributed by atoms with van der Waals surface area (Å²) in [7, 11) is 0. The Hall–Kier alpha value is -3.14. The minimum atomic E-state index is -5.03. The molecule has 3 aromatic rings. The van der Waals surface area contributed by atoms with E-state index in [1.807, 2.05) is 0 Å². The van der Waals surface area contributed by atoms with E-state index in [1.54, 1.807) is 0 Å². The van der Waals surface area contributed by atoms with E-state index in [2.05, 4.69) is 9.97 Å². The van der Waals surface area contributed by atoms with Gasteiger partial charge in [0.2, 0.25) is 0 Å². The van der Waals surface area contributed by atoms with Gasteiger partial charge in [0.25, 0.3) is 0 Å². The first-order chi connectivity index (χ1) is 13.6. The van der Waals surface area contributed by atoms with Gasteiger partial charge >= 0.3 is 12.1 Å². The number of aliphatic hydroxyl groups is 1. The Morgan fingerprint density at radius 2 is 2.07 bits per heavy atom. The number of anilines is 1. The third-order valence-corrected chi connectivity index (χ3v) is 4.15. The molecule has 0 bridgehead atoms. The fourth-order valence-electron chi connectivity index (χ4n) is 2.54. The van der Waals surface area contributed by atoms with Crippen molar-refractivity contribution < 1.29 is 32.3 Å². The zero-order valence-corrected chi connectivity index (χ0v) is 13.7. The maximum absolute atomic E-state index is 13.3. The molecule has 2 heterocycles. The van der Waals surface area contributed by atoms with Gasteiger partial charge in [0.05, 0.1) is 11.9 Å². The molecule has 10 heteroatoms. The summed E-state index contributed by atoms with van der Waals surface area (Å²) in [5.41, 5.74) is 0.793. The number of benzene rings is 1. The first-order valence-corrected chi connectivity index (χ1v) is 7.46. The third-order valence-electron chi connectivity index (χ3n) is 4.15. The zero-order valence-electron chi connectivity index (χ0n) is 16.7. The van der Waals surface area contributed by atoms with Crippen LogP contribution in [0, 0.1) is 6.85 Å². The van der Waals surface area contributed by atoms with Crippen LogP contribution in [-0.4, -0.2) is 36.7 Å². The molecule has 27 heavy (non-hydrogen) atoms. The Morgan fingerprint density at radius 1 is 1.37 bits per heavy atom. The lowest BCUT2D eigenvalue weighted by Crippen LogP contribution is -2.39. The summed E-state index contributed by atoms with van der Waals surface area (Å²) in [6.45, 7) is -2.18. The van der Waals surface area contributed by atoms with E-state index in [9.17, 15) is 28.2 Å². The number of imidazole rings is 1. The smallest absolute Gasteiger partial charge is 0.421 e. The predicted molar refractivity (Wildman–Crippen MR) is 90.2 cm³/mol. The molecule has 1 unspecified atom stereocenters. The third kappa shape index (κ3) is 2.97. The van der Waals surface area contributed by atoms with Crippen molar-refractivity contribution in [3.8, 4) is 11.3 Å². The van der Waals surface area contributed by atoms with Crippen molar-refractivity contribution in [3.05, 3.63) is 47.4 Å². The standard InChI is InChI=1S/C17H15F3N4O3/c1-8-3-4-9(16(2,27)17(18,19)20)5-10(8)12-6-22-14-13(21)23-11(15(25)26)7-24(12)14/h3-7,27H,1-2H3,(H2,21,23)(H,25,26)/i1D3. The lowest BCUT2D eigenvalue weighted by Gasteiger charge is -2.27. The highest BCUT2D eigenvalue weighted by atomic mass is 19.4. The molecule has 1 atom stereocenters. The van der Waals surface area contributed by atoms with Crippen molar-refractivity contribution >= 4 is 17.4 Å². The molecule has 3 rings (SSSR count). The van der Waals surface area contributed by atoms with Crippen LogP contribution in [-0.2, 0) is 5.60 Å². The fourth-order valence-corrected chi connectivity index (χ4v) is 2.54. The maximum atomic E-state index is 13.3. The number of fused-ring (bicyclic) bond motifs is 1. The monoisotopic (exact) mass is 383 g/mol. The molecule has 4 N–H and O–H groups in total. The van der Waals surface area contributed by atoms with E-state index in [-0.39, 0.29) is 28.3 Å². The number of rotatable bonds is 3. The molecule has 0 aliphatic heterocycles. The van der Waals surface area contributed by atoms with E-state index in [0.717, 1.165) is 35.0 Å². The summed E-state index contributed by atoms with van der Waals surface area (Å²) in [5, 5.41) is 19.2. The van der Waals surface area contributed by atoms with E-state index in [1.165, 1.54) is 0 Å². The van der Waals surface area contributed by atoms with Gasteiger partial charge in [-0.15, -0.1) is 0 Å². The Bertz CT molecular complexity index is 1160. The molecular weight excluding hydrogens is 365 g/mol. The van der Waals surface area contributed by atoms with Crippen LogP contribution in [0.3, 0.4) is 0 Å². The van der Waals surface area contributed by atoms with E-state index >= 15 is 0 Å². The number of carboxylic acids is 1. The number of carboxylic acid groups (broad SMARTS) is 1. The van der Waals surface area contributed by atoms with Crippen molar-refractivity contribution in [1.29, 1.82) is 0 Å². The van der Waals surface area contributed by atoms with Crippen LogP contribution in [0.2, 0.25) is 0 Å². The van der Waals surface area contributed by atoms with Crippen LogP contribution in [0.1, 0.15) is 32.7 Å². The number of alkyl halides is 3. The number of carbonyl (C=O) groups is 1. The topological polar surface area (TPSA) is 114 Å². The molecule has 0 spiro atoms. The summed E-state index contributed by atoms with van der Waals surface area (Å²) in [6.07, 6.45) is -2.88. The second-order valence-corrected chi connectivity index (χ2v) is 5.98. The number of hydrogen-bond donors (Lipinski definition) is 3. The van der Waals surface area contributed by atoms with Gasteiger partial charge in [0, 0.05) is 15.9 Å². The number of hydrogen-bond acceptors (Lipinski definition) is 5. The molecule has 7 nitrogen and oxygen atoms in total. The number of nitrogen functional groups attached to an aromatic ring is 1. The first-order valence-electron chi connectivity index (χ1n) is 8.96. The molecule has 0 radical (unpaired) electrons. The summed E-state index contributed by atoms with van der Waals surface area (Å²) in [5.74, 6) is -1.69. The Labute approximate surface area is 155 Å². The largest absolute Gasteiger partial charge is 0.476 e. The van der Waals surface area contributed by atoms with Crippen LogP contribution < -0.4 is 5.73 Å². The van der Waals surface area contributed by atoms with Gasteiger partial charge in [-0.25, -0.2) is 14.8 Å². The molecule has 0 amide bonds. The molecule has 1 aromatic carbocycles. The molecule has 0 aliphatic rings. The van der Waals surface area contributed by atoms with E-state index < -0.39 is 35.9 Å². The lowest BCUT2D eigenvalue weighted by atomic mass is 9.91. The highest BCUT2D eigenvalue weighted by Crippen LogP contribution is 2.40. The molecule has 0 aliphatic carbocycles. The summed E-state index contributed by atoms with van der Waals surface area (Å²) < 4.78 is 64.2. The number of nitrogens with zero attached hydrogens (tertiary/aromatic N) is 3. The van der Waals surface area contributed by atoms with Crippen molar-refractivity contribution in [3.63, 3.8) is 0 Å². The van der Waals surface area contributed by atoms with Crippen LogP contribution in [0.4, 0.5) is 19.0 Å². The fraction of sp³-hybridized carbons (Fsp3) is 0.235. The SMILES string of the molecule is [2H]C([2H])([2H])c1ccc(C(C)(O)C(F)(F)F)cc1-c1cnc2c(N)nc(C(=O)O)cn12. The normalized spacial score (nSPS) is 16.4. The Kier molecular flexibility index (Phi) is 3.30. The molecule has 142 valence electrons. The minimum absolute atomic E-state index is 0.0144. The quantitative estimate of drug-likeness (QED) is 0.641. The van der Waals surface area contributed by atoms with Gasteiger partial charge in [-0.05, 0) is 31.0 Å². The molecule has 0 saturated heterocycles. The highest BCUT2D eigenvalue weighted by molar-refractivity contribution is 5.87. The number of nitrogens with two attached hydrogens (primary N) is 1. The van der Waals surface area contributed by atoms with Crippen LogP contribution >= 0.6 is 0 Å². The van der Waals surface area contributed by atoms with Crippen molar-refractivity contribution in [1.82, 2.24) is 14.4 Å². The predicted octanol–water partition coefficient (Wildman–Crippen LogP) is 2.75. The molecular formula is C17H15F3N4O3. The van der Waals surface area contributed by atoms with Crippen molar-refractivity contribution in [2.75, 3.05) is 5.73 Å². The van der Waals surface area contributed by atoms with Crippen LogP contribution in [0.15, 0.2) is 30.6 Å². The second kappa shape index (κ2) is 5.95. The average molecular weight is 383 g/mol. The molecule has 0 fully saturated rings. The number of aromatic nitrogens is 3. The molecule has 0 saturated carbocycles. The first kappa shape index (κ1) is 15.0. The molecule has 2 aromatic heterocycles. The van der Waals surface area contributed by atoms with E-state index in [4.69, 9.17) is 9.85 Å². The van der Waals surface area contributed by atoms with E-state index in [0.29, 0.717) is 6.92 Å². The lowest BCUT2D eigenvalue weighted by molar-refractivity contribution is -0.258. The Morgan fingerprint density at radius 3 is 2.67 bits per heavy atom. The minimum Gasteiger partial charge on any atom is -0.476 e.